The lowest BCUT2D eigenvalue weighted by molar-refractivity contribution is 0.186. The first kappa shape index (κ1) is 22.8. The minimum absolute atomic E-state index is 0.0452. The van der Waals surface area contributed by atoms with Crippen molar-refractivity contribution < 1.29 is 28.5 Å². The number of rotatable bonds is 6. The van der Waals surface area contributed by atoms with E-state index in [9.17, 15) is 19.0 Å². The summed E-state index contributed by atoms with van der Waals surface area (Å²) in [6.45, 7) is 3.75. The maximum Gasteiger partial charge on any atom is 0.189 e. The van der Waals surface area contributed by atoms with Gasteiger partial charge in [-0.3, -0.25) is 4.90 Å². The van der Waals surface area contributed by atoms with Crippen LogP contribution in [0.1, 0.15) is 35.3 Å². The van der Waals surface area contributed by atoms with E-state index in [1.54, 1.807) is 24.3 Å². The largest absolute Gasteiger partial charge is 0.508 e. The summed E-state index contributed by atoms with van der Waals surface area (Å²) >= 11 is 1.16. The summed E-state index contributed by atoms with van der Waals surface area (Å²) in [5.41, 5.74) is 1.62. The molecule has 3 aromatic rings. The molecule has 0 aromatic heterocycles. The maximum atomic E-state index is 14.7. The first-order chi connectivity index (χ1) is 16.5. The molecule has 1 fully saturated rings. The zero-order valence-corrected chi connectivity index (χ0v) is 19.2. The van der Waals surface area contributed by atoms with Crippen LogP contribution in [0.2, 0.25) is 0 Å². The third kappa shape index (κ3) is 4.65. The zero-order valence-electron chi connectivity index (χ0n) is 18.4. The number of halogens is 2. The molecule has 2 atom stereocenters. The Bertz CT molecular complexity index is 1150. The molecule has 0 aliphatic carbocycles. The Balaban J connectivity index is 1.40. The van der Waals surface area contributed by atoms with Crippen LogP contribution < -0.4 is 9.47 Å². The Morgan fingerprint density at radius 1 is 0.971 bits per heavy atom. The minimum Gasteiger partial charge on any atom is -0.508 e. The molecular formula is C26H25F2NO4S. The number of phenols is 2. The molecule has 0 spiro atoms. The van der Waals surface area contributed by atoms with E-state index in [2.05, 4.69) is 4.90 Å². The lowest BCUT2D eigenvalue weighted by Crippen LogP contribution is -2.25. The minimum atomic E-state index is -1.07. The van der Waals surface area contributed by atoms with E-state index in [1.165, 1.54) is 12.8 Å². The van der Waals surface area contributed by atoms with E-state index in [4.69, 9.17) is 9.47 Å². The molecule has 0 amide bonds. The molecule has 8 heteroatoms. The van der Waals surface area contributed by atoms with E-state index in [1.807, 2.05) is 24.3 Å². The van der Waals surface area contributed by atoms with Crippen LogP contribution in [-0.4, -0.2) is 41.4 Å². The highest BCUT2D eigenvalue weighted by Crippen LogP contribution is 2.55. The molecule has 5 nitrogen and oxygen atoms in total. The molecule has 2 aliphatic rings. The molecule has 0 bridgehead atoms. The first-order valence-electron chi connectivity index (χ1n) is 11.3. The molecule has 34 heavy (non-hydrogen) atoms. The van der Waals surface area contributed by atoms with Crippen LogP contribution in [0.3, 0.4) is 0 Å². The van der Waals surface area contributed by atoms with E-state index in [0.29, 0.717) is 6.61 Å². The Labute approximate surface area is 200 Å². The van der Waals surface area contributed by atoms with Gasteiger partial charge in [-0.2, -0.15) is 0 Å². The van der Waals surface area contributed by atoms with Crippen molar-refractivity contribution in [3.05, 3.63) is 77.4 Å². The molecular weight excluding hydrogens is 460 g/mol. The number of benzene rings is 3. The van der Waals surface area contributed by atoms with Crippen LogP contribution in [0.5, 0.6) is 23.0 Å². The molecule has 2 aliphatic heterocycles. The van der Waals surface area contributed by atoms with E-state index >= 15 is 0 Å². The van der Waals surface area contributed by atoms with Gasteiger partial charge in [0.25, 0.3) is 0 Å². The summed E-state index contributed by atoms with van der Waals surface area (Å²) in [6.07, 6.45) is 1.93. The molecule has 2 heterocycles. The number of thioether (sulfide) groups is 1. The van der Waals surface area contributed by atoms with Gasteiger partial charge in [-0.15, -0.1) is 11.8 Å². The third-order valence-electron chi connectivity index (χ3n) is 6.19. The van der Waals surface area contributed by atoms with Crippen LogP contribution in [0, 0.1) is 11.6 Å². The highest BCUT2D eigenvalue weighted by Gasteiger charge is 2.36. The Kier molecular flexibility index (Phi) is 6.52. The fourth-order valence-electron chi connectivity index (χ4n) is 4.36. The number of hydrogen-bond acceptors (Lipinski definition) is 6. The quantitative estimate of drug-likeness (QED) is 0.459. The fraction of sp³-hybridized carbons (Fsp3) is 0.308. The number of phenolic OH excluding ortho intramolecular Hbond substituents is 2. The van der Waals surface area contributed by atoms with Crippen molar-refractivity contribution in [1.29, 1.82) is 0 Å². The Morgan fingerprint density at radius 3 is 2.35 bits per heavy atom. The predicted molar refractivity (Wildman–Crippen MR) is 126 cm³/mol. The monoisotopic (exact) mass is 485 g/mol. The van der Waals surface area contributed by atoms with Crippen molar-refractivity contribution in [2.24, 2.45) is 0 Å². The predicted octanol–water partition coefficient (Wildman–Crippen LogP) is 5.82. The molecule has 1 saturated heterocycles. The van der Waals surface area contributed by atoms with Crippen LogP contribution >= 0.6 is 11.8 Å². The normalized spacial score (nSPS) is 20.1. The van der Waals surface area contributed by atoms with Gasteiger partial charge < -0.3 is 19.7 Å². The van der Waals surface area contributed by atoms with Gasteiger partial charge in [0.05, 0.1) is 10.1 Å². The summed E-state index contributed by atoms with van der Waals surface area (Å²) in [4.78, 5) is 2.44. The molecule has 0 radical (unpaired) electrons. The Hall–Kier alpha value is -2.97. The summed E-state index contributed by atoms with van der Waals surface area (Å²) < 4.78 is 40.7. The van der Waals surface area contributed by atoms with Crippen molar-refractivity contribution >= 4 is 11.8 Å². The fourth-order valence-corrected chi connectivity index (χ4v) is 5.66. The lowest BCUT2D eigenvalue weighted by atomic mass is 10.00. The summed E-state index contributed by atoms with van der Waals surface area (Å²) in [7, 11) is 0. The number of hydrogen-bond donors (Lipinski definition) is 2. The van der Waals surface area contributed by atoms with Crippen molar-refractivity contribution in [1.82, 2.24) is 4.90 Å². The van der Waals surface area contributed by atoms with E-state index in [-0.39, 0.29) is 16.4 Å². The highest BCUT2D eigenvalue weighted by molar-refractivity contribution is 7.99. The molecule has 2 N–H and O–H groups in total. The second-order valence-corrected chi connectivity index (χ2v) is 9.63. The summed E-state index contributed by atoms with van der Waals surface area (Å²) in [5, 5.41) is 19.0. The van der Waals surface area contributed by atoms with Gasteiger partial charge in [-0.25, -0.2) is 8.78 Å². The average molecular weight is 486 g/mol. The number of aromatic hydroxyl groups is 2. The SMILES string of the molecule is Oc1ccc([C@H]2Sc3c(cc(F)c(O)c3F)O[C@H]2c2ccc(OCCN3CCCC3)cc2)cc1. The van der Waals surface area contributed by atoms with E-state index < -0.39 is 28.7 Å². The molecule has 0 saturated carbocycles. The molecule has 3 aromatic carbocycles. The van der Waals surface area contributed by atoms with Crippen LogP contribution in [0.4, 0.5) is 8.78 Å². The zero-order chi connectivity index (χ0) is 23.7. The van der Waals surface area contributed by atoms with Gasteiger partial charge in [0, 0.05) is 12.6 Å². The smallest absolute Gasteiger partial charge is 0.189 e. The molecule has 178 valence electrons. The number of nitrogens with zero attached hydrogens (tertiary/aromatic N) is 1. The molecule has 5 rings (SSSR count). The van der Waals surface area contributed by atoms with Crippen LogP contribution in [0.15, 0.2) is 59.5 Å². The van der Waals surface area contributed by atoms with Crippen molar-refractivity contribution in [2.45, 2.75) is 29.1 Å². The second-order valence-electron chi connectivity index (χ2n) is 8.48. The van der Waals surface area contributed by atoms with Crippen molar-refractivity contribution in [2.75, 3.05) is 26.2 Å². The maximum absolute atomic E-state index is 14.7. The lowest BCUT2D eigenvalue weighted by Gasteiger charge is -2.34. The van der Waals surface area contributed by atoms with Gasteiger partial charge in [0.1, 0.15) is 30.0 Å². The van der Waals surface area contributed by atoms with Crippen LogP contribution in [-0.2, 0) is 0 Å². The Morgan fingerprint density at radius 2 is 1.65 bits per heavy atom. The van der Waals surface area contributed by atoms with Crippen LogP contribution in [0.25, 0.3) is 0 Å². The summed E-state index contributed by atoms with van der Waals surface area (Å²) in [6, 6.07) is 15.1. The van der Waals surface area contributed by atoms with Crippen molar-refractivity contribution in [3.8, 4) is 23.0 Å². The van der Waals surface area contributed by atoms with Gasteiger partial charge in [-0.05, 0) is 61.3 Å². The van der Waals surface area contributed by atoms with Gasteiger partial charge in [0.2, 0.25) is 0 Å². The summed E-state index contributed by atoms with van der Waals surface area (Å²) in [5.74, 6) is -2.22. The average Bonchev–Trinajstić information content (AvgIpc) is 3.37. The standard InChI is InChI=1S/C26H25F2NO4S/c27-20-15-21-26(22(28)23(20)31)34-25(17-3-7-18(30)8-4-17)24(33-21)16-5-9-19(10-6-16)32-14-13-29-11-1-2-12-29/h3-10,15,24-25,30-31H,1-2,11-14H2/t24-,25+/m0/s1. The topological polar surface area (TPSA) is 62.2 Å². The first-order valence-corrected chi connectivity index (χ1v) is 12.2. The number of fused-ring (bicyclic) bond motifs is 1. The number of likely N-dealkylation sites (tertiary alicyclic amines) is 1. The van der Waals surface area contributed by atoms with Gasteiger partial charge in [0.15, 0.2) is 17.4 Å². The molecule has 0 unspecified atom stereocenters. The second kappa shape index (κ2) is 9.72. The van der Waals surface area contributed by atoms with Gasteiger partial charge in [-0.1, -0.05) is 24.3 Å². The van der Waals surface area contributed by atoms with E-state index in [0.717, 1.165) is 54.3 Å². The number of ether oxygens (including phenoxy) is 2. The van der Waals surface area contributed by atoms with Crippen molar-refractivity contribution in [3.63, 3.8) is 0 Å². The highest BCUT2D eigenvalue weighted by atomic mass is 32.2. The third-order valence-corrected chi connectivity index (χ3v) is 7.58. The van der Waals surface area contributed by atoms with Gasteiger partial charge >= 0.3 is 0 Å².